The fourth-order valence-corrected chi connectivity index (χ4v) is 4.50. The Kier molecular flexibility index (Phi) is 8.47. The van der Waals surface area contributed by atoms with Gasteiger partial charge in [0.15, 0.2) is 18.1 Å². The number of amides is 3. The highest BCUT2D eigenvalue weighted by molar-refractivity contribution is 8.18. The van der Waals surface area contributed by atoms with Crippen molar-refractivity contribution in [3.05, 3.63) is 93.6 Å². The van der Waals surface area contributed by atoms with Crippen LogP contribution in [0.15, 0.2) is 71.6 Å². The van der Waals surface area contributed by atoms with E-state index in [4.69, 9.17) is 21.1 Å². The molecule has 1 heterocycles. The van der Waals surface area contributed by atoms with Gasteiger partial charge in [0.25, 0.3) is 17.1 Å². The summed E-state index contributed by atoms with van der Waals surface area (Å²) in [5.74, 6) is -0.460. The molecule has 1 N–H and O–H groups in total. The summed E-state index contributed by atoms with van der Waals surface area (Å²) in [5, 5.41) is 2.80. The molecule has 0 spiro atoms. The smallest absolute Gasteiger partial charge is 0.293 e. The van der Waals surface area contributed by atoms with E-state index in [1.165, 1.54) is 24.3 Å². The van der Waals surface area contributed by atoms with Crippen molar-refractivity contribution in [1.29, 1.82) is 0 Å². The number of imide groups is 1. The van der Waals surface area contributed by atoms with Crippen molar-refractivity contribution >= 4 is 52.2 Å². The average Bonchev–Trinajstić information content (AvgIpc) is 3.12. The number of anilines is 1. The first kappa shape index (κ1) is 26.2. The van der Waals surface area contributed by atoms with Crippen LogP contribution in [0.4, 0.5) is 14.9 Å². The van der Waals surface area contributed by atoms with Gasteiger partial charge in [-0.05, 0) is 78.4 Å². The number of carbonyl (C=O) groups is 3. The molecule has 10 heteroatoms. The average molecular weight is 541 g/mol. The second kappa shape index (κ2) is 11.9. The minimum absolute atomic E-state index is 0.0521. The van der Waals surface area contributed by atoms with Gasteiger partial charge in [0.2, 0.25) is 0 Å². The van der Waals surface area contributed by atoms with Crippen LogP contribution in [-0.4, -0.2) is 35.2 Å². The van der Waals surface area contributed by atoms with E-state index < -0.39 is 17.0 Å². The highest BCUT2D eigenvalue weighted by Gasteiger charge is 2.35. The Bertz CT molecular complexity index is 1360. The van der Waals surface area contributed by atoms with E-state index in [-0.39, 0.29) is 24.0 Å². The van der Waals surface area contributed by atoms with Gasteiger partial charge in [-0.2, -0.15) is 0 Å². The second-order valence-electron chi connectivity index (χ2n) is 7.88. The number of rotatable bonds is 9. The first-order valence-corrected chi connectivity index (χ1v) is 12.5. The van der Waals surface area contributed by atoms with Gasteiger partial charge in [0.05, 0.1) is 18.1 Å². The molecule has 1 fully saturated rings. The number of hydrogen-bond donors (Lipinski definition) is 1. The van der Waals surface area contributed by atoms with E-state index in [1.54, 1.807) is 48.5 Å². The standard InChI is InChI=1S/C27H22ClFN2O5S/c1-2-35-23-12-18(8-11-22(23)36-16-25(32)30-21-5-3-4-19(28)14-21)13-24-26(33)31(27(34)37-24)15-17-6-9-20(29)10-7-17/h3-14H,2,15-16H2,1H3,(H,30,32)/b24-13-. The summed E-state index contributed by atoms with van der Waals surface area (Å²) in [5.41, 5.74) is 1.81. The Morgan fingerprint density at radius 2 is 1.84 bits per heavy atom. The second-order valence-corrected chi connectivity index (χ2v) is 9.31. The zero-order valence-corrected chi connectivity index (χ0v) is 21.3. The lowest BCUT2D eigenvalue weighted by atomic mass is 10.1. The highest BCUT2D eigenvalue weighted by atomic mass is 35.5. The molecule has 1 aliphatic heterocycles. The van der Waals surface area contributed by atoms with E-state index >= 15 is 0 Å². The van der Waals surface area contributed by atoms with Gasteiger partial charge >= 0.3 is 0 Å². The Morgan fingerprint density at radius 1 is 1.05 bits per heavy atom. The van der Waals surface area contributed by atoms with Crippen molar-refractivity contribution in [2.45, 2.75) is 13.5 Å². The summed E-state index contributed by atoms with van der Waals surface area (Å²) >= 11 is 6.77. The maximum atomic E-state index is 13.2. The normalized spacial score (nSPS) is 14.2. The molecule has 7 nitrogen and oxygen atoms in total. The first-order valence-electron chi connectivity index (χ1n) is 11.3. The maximum absolute atomic E-state index is 13.2. The molecule has 1 saturated heterocycles. The molecule has 190 valence electrons. The van der Waals surface area contributed by atoms with Crippen LogP contribution in [0.3, 0.4) is 0 Å². The predicted octanol–water partition coefficient (Wildman–Crippen LogP) is 6.13. The van der Waals surface area contributed by atoms with Crippen LogP contribution < -0.4 is 14.8 Å². The lowest BCUT2D eigenvalue weighted by Crippen LogP contribution is -2.27. The third-order valence-corrected chi connectivity index (χ3v) is 6.30. The van der Waals surface area contributed by atoms with Crippen molar-refractivity contribution in [1.82, 2.24) is 4.90 Å². The predicted molar refractivity (Wildman–Crippen MR) is 141 cm³/mol. The molecule has 4 rings (SSSR count). The molecule has 3 amide bonds. The molecule has 0 unspecified atom stereocenters. The molecule has 1 aliphatic rings. The van der Waals surface area contributed by atoms with Gasteiger partial charge in [-0.25, -0.2) is 4.39 Å². The minimum Gasteiger partial charge on any atom is -0.490 e. The van der Waals surface area contributed by atoms with E-state index in [1.807, 2.05) is 6.92 Å². The molecule has 0 aliphatic carbocycles. The molecule has 0 saturated carbocycles. The number of halogens is 2. The fraction of sp³-hybridized carbons (Fsp3) is 0.148. The van der Waals surface area contributed by atoms with E-state index in [9.17, 15) is 18.8 Å². The molecular formula is C27H22ClFN2O5S. The number of hydrogen-bond acceptors (Lipinski definition) is 6. The van der Waals surface area contributed by atoms with Gasteiger partial charge in [-0.15, -0.1) is 0 Å². The molecule has 0 atom stereocenters. The lowest BCUT2D eigenvalue weighted by Gasteiger charge is -2.13. The summed E-state index contributed by atoms with van der Waals surface area (Å²) < 4.78 is 24.5. The van der Waals surface area contributed by atoms with E-state index in [2.05, 4.69) is 5.32 Å². The van der Waals surface area contributed by atoms with E-state index in [0.717, 1.165) is 16.7 Å². The van der Waals surface area contributed by atoms with Crippen molar-refractivity contribution in [3.8, 4) is 11.5 Å². The Morgan fingerprint density at radius 3 is 2.57 bits per heavy atom. The van der Waals surface area contributed by atoms with Crippen molar-refractivity contribution in [2.24, 2.45) is 0 Å². The molecular weight excluding hydrogens is 519 g/mol. The summed E-state index contributed by atoms with van der Waals surface area (Å²) in [6.07, 6.45) is 1.59. The number of benzene rings is 3. The number of nitrogens with one attached hydrogen (secondary N) is 1. The Labute approximate surface area is 222 Å². The summed E-state index contributed by atoms with van der Waals surface area (Å²) in [7, 11) is 0. The number of carbonyl (C=O) groups excluding carboxylic acids is 3. The van der Waals surface area contributed by atoms with Crippen LogP contribution in [-0.2, 0) is 16.1 Å². The van der Waals surface area contributed by atoms with Crippen LogP contribution in [0.2, 0.25) is 5.02 Å². The quantitative estimate of drug-likeness (QED) is 0.329. The van der Waals surface area contributed by atoms with Gasteiger partial charge in [-0.1, -0.05) is 35.9 Å². The van der Waals surface area contributed by atoms with Crippen molar-refractivity contribution < 1.29 is 28.2 Å². The minimum atomic E-state index is -0.435. The highest BCUT2D eigenvalue weighted by Crippen LogP contribution is 2.35. The third kappa shape index (κ3) is 6.90. The Balaban J connectivity index is 1.44. The SMILES string of the molecule is CCOc1cc(/C=C2\SC(=O)N(Cc3ccc(F)cc3)C2=O)ccc1OCC(=O)Nc1cccc(Cl)c1. The number of ether oxygens (including phenoxy) is 2. The third-order valence-electron chi connectivity index (χ3n) is 5.16. The number of thioether (sulfide) groups is 1. The molecule has 0 bridgehead atoms. The molecule has 0 radical (unpaired) electrons. The first-order chi connectivity index (χ1) is 17.8. The number of nitrogens with zero attached hydrogens (tertiary/aromatic N) is 1. The van der Waals surface area contributed by atoms with Crippen LogP contribution in [0.25, 0.3) is 6.08 Å². The van der Waals surface area contributed by atoms with Gasteiger partial charge in [0.1, 0.15) is 5.82 Å². The summed E-state index contributed by atoms with van der Waals surface area (Å²) in [6.45, 7) is 1.95. The van der Waals surface area contributed by atoms with Gasteiger partial charge in [0, 0.05) is 10.7 Å². The summed E-state index contributed by atoms with van der Waals surface area (Å²) in [4.78, 5) is 38.9. The molecule has 3 aromatic rings. The van der Waals surface area contributed by atoms with Crippen LogP contribution in [0.5, 0.6) is 11.5 Å². The molecule has 0 aromatic heterocycles. The van der Waals surface area contributed by atoms with Crippen LogP contribution in [0.1, 0.15) is 18.1 Å². The van der Waals surface area contributed by atoms with Crippen molar-refractivity contribution in [2.75, 3.05) is 18.5 Å². The van der Waals surface area contributed by atoms with Gasteiger partial charge in [-0.3, -0.25) is 19.3 Å². The topological polar surface area (TPSA) is 84.9 Å². The maximum Gasteiger partial charge on any atom is 0.293 e. The van der Waals surface area contributed by atoms with Crippen LogP contribution >= 0.6 is 23.4 Å². The molecule has 3 aromatic carbocycles. The van der Waals surface area contributed by atoms with E-state index in [0.29, 0.717) is 39.9 Å². The monoisotopic (exact) mass is 540 g/mol. The molecule has 37 heavy (non-hydrogen) atoms. The Hall–Kier alpha value is -3.82. The zero-order chi connectivity index (χ0) is 26.4. The fourth-order valence-electron chi connectivity index (χ4n) is 3.47. The largest absolute Gasteiger partial charge is 0.490 e. The zero-order valence-electron chi connectivity index (χ0n) is 19.7. The summed E-state index contributed by atoms with van der Waals surface area (Å²) in [6, 6.07) is 17.4. The van der Waals surface area contributed by atoms with Crippen molar-refractivity contribution in [3.63, 3.8) is 0 Å². The lowest BCUT2D eigenvalue weighted by molar-refractivity contribution is -0.123. The van der Waals surface area contributed by atoms with Crippen LogP contribution in [0, 0.1) is 5.82 Å². The van der Waals surface area contributed by atoms with Gasteiger partial charge < -0.3 is 14.8 Å².